The van der Waals surface area contributed by atoms with Crippen molar-refractivity contribution in [3.8, 4) is 0 Å². The van der Waals surface area contributed by atoms with E-state index in [-0.39, 0.29) is 29.9 Å². The molecule has 0 spiro atoms. The SMILES string of the molecule is CCNC(=NCc1c(C)cc(C)cc1C)N1CCCC(CC(N)=O)C1.I. The number of nitrogens with zero attached hydrogens (tertiary/aromatic N) is 2. The topological polar surface area (TPSA) is 70.7 Å². The molecular formula is C20H33IN4O. The van der Waals surface area contributed by atoms with Crippen LogP contribution in [0.1, 0.15) is 48.4 Å². The molecule has 1 aliphatic rings. The fourth-order valence-corrected chi connectivity index (χ4v) is 3.75. The van der Waals surface area contributed by atoms with Crippen LogP contribution in [-0.4, -0.2) is 36.4 Å². The number of likely N-dealkylation sites (tertiary alicyclic amines) is 1. The van der Waals surface area contributed by atoms with E-state index in [2.05, 4.69) is 50.0 Å². The summed E-state index contributed by atoms with van der Waals surface area (Å²) in [4.78, 5) is 18.4. The number of piperidine rings is 1. The van der Waals surface area contributed by atoms with Crippen molar-refractivity contribution in [1.82, 2.24) is 10.2 Å². The zero-order valence-electron chi connectivity index (χ0n) is 16.5. The predicted octanol–water partition coefficient (Wildman–Crippen LogP) is 3.28. The third-order valence-electron chi connectivity index (χ3n) is 4.87. The molecule has 3 N–H and O–H groups in total. The summed E-state index contributed by atoms with van der Waals surface area (Å²) in [5, 5.41) is 3.41. The zero-order valence-corrected chi connectivity index (χ0v) is 18.8. The van der Waals surface area contributed by atoms with Gasteiger partial charge in [-0.3, -0.25) is 4.79 Å². The minimum Gasteiger partial charge on any atom is -0.370 e. The lowest BCUT2D eigenvalue weighted by atomic mass is 9.95. The Morgan fingerprint density at radius 3 is 2.54 bits per heavy atom. The largest absolute Gasteiger partial charge is 0.370 e. The van der Waals surface area contributed by atoms with E-state index in [1.54, 1.807) is 0 Å². The first-order valence-electron chi connectivity index (χ1n) is 9.29. The molecule has 1 saturated heterocycles. The van der Waals surface area contributed by atoms with Crippen LogP contribution in [-0.2, 0) is 11.3 Å². The van der Waals surface area contributed by atoms with E-state index in [1.165, 1.54) is 22.3 Å². The van der Waals surface area contributed by atoms with Gasteiger partial charge in [-0.05, 0) is 63.1 Å². The van der Waals surface area contributed by atoms with E-state index in [0.717, 1.165) is 38.4 Å². The number of halogens is 1. The minimum absolute atomic E-state index is 0. The Hall–Kier alpha value is -1.31. The van der Waals surface area contributed by atoms with E-state index in [0.29, 0.717) is 18.9 Å². The Bertz CT molecular complexity index is 622. The maximum absolute atomic E-state index is 11.2. The Morgan fingerprint density at radius 1 is 1.31 bits per heavy atom. The smallest absolute Gasteiger partial charge is 0.217 e. The van der Waals surface area contributed by atoms with Crippen molar-refractivity contribution in [2.24, 2.45) is 16.6 Å². The van der Waals surface area contributed by atoms with E-state index in [9.17, 15) is 4.79 Å². The van der Waals surface area contributed by atoms with Crippen molar-refractivity contribution in [3.63, 3.8) is 0 Å². The number of nitrogens with one attached hydrogen (secondary N) is 1. The number of carbonyl (C=O) groups excluding carboxylic acids is 1. The molecule has 26 heavy (non-hydrogen) atoms. The van der Waals surface area contributed by atoms with Gasteiger partial charge in [0, 0.05) is 26.1 Å². The molecule has 0 radical (unpaired) electrons. The van der Waals surface area contributed by atoms with E-state index in [1.807, 2.05) is 0 Å². The van der Waals surface area contributed by atoms with E-state index >= 15 is 0 Å². The molecule has 0 saturated carbocycles. The van der Waals surface area contributed by atoms with Crippen LogP contribution in [0.25, 0.3) is 0 Å². The van der Waals surface area contributed by atoms with Gasteiger partial charge in [0.2, 0.25) is 5.91 Å². The number of nitrogens with two attached hydrogens (primary N) is 1. The molecule has 1 unspecified atom stereocenters. The number of carbonyl (C=O) groups is 1. The normalized spacial score (nSPS) is 17.6. The molecule has 1 heterocycles. The Balaban J connectivity index is 0.00000338. The van der Waals surface area contributed by atoms with Gasteiger partial charge in [-0.2, -0.15) is 0 Å². The van der Waals surface area contributed by atoms with Crippen LogP contribution in [0, 0.1) is 26.7 Å². The van der Waals surface area contributed by atoms with Crippen molar-refractivity contribution in [1.29, 1.82) is 0 Å². The number of amides is 1. The second-order valence-electron chi connectivity index (χ2n) is 7.17. The van der Waals surface area contributed by atoms with Crippen molar-refractivity contribution in [3.05, 3.63) is 34.4 Å². The second-order valence-corrected chi connectivity index (χ2v) is 7.17. The van der Waals surface area contributed by atoms with Gasteiger partial charge >= 0.3 is 0 Å². The van der Waals surface area contributed by atoms with Gasteiger partial charge in [0.15, 0.2) is 5.96 Å². The quantitative estimate of drug-likeness (QED) is 0.393. The molecule has 0 aromatic heterocycles. The van der Waals surface area contributed by atoms with Crippen molar-refractivity contribution < 1.29 is 4.79 Å². The average molecular weight is 472 g/mol. The van der Waals surface area contributed by atoms with Crippen LogP contribution in [0.5, 0.6) is 0 Å². The lowest BCUT2D eigenvalue weighted by Crippen LogP contribution is -2.47. The van der Waals surface area contributed by atoms with Crippen LogP contribution in [0.15, 0.2) is 17.1 Å². The fourth-order valence-electron chi connectivity index (χ4n) is 3.75. The summed E-state index contributed by atoms with van der Waals surface area (Å²) >= 11 is 0. The van der Waals surface area contributed by atoms with Gasteiger partial charge in [-0.25, -0.2) is 4.99 Å². The Kier molecular flexibility index (Phi) is 9.39. The van der Waals surface area contributed by atoms with E-state index < -0.39 is 0 Å². The molecule has 6 heteroatoms. The first-order chi connectivity index (χ1) is 11.9. The highest BCUT2D eigenvalue weighted by Gasteiger charge is 2.23. The third-order valence-corrected chi connectivity index (χ3v) is 4.87. The molecule has 1 atom stereocenters. The van der Waals surface area contributed by atoms with Gasteiger partial charge < -0.3 is 16.0 Å². The first-order valence-corrected chi connectivity index (χ1v) is 9.29. The minimum atomic E-state index is -0.209. The summed E-state index contributed by atoms with van der Waals surface area (Å²) in [5.41, 5.74) is 10.6. The number of rotatable bonds is 5. The molecule has 1 aromatic carbocycles. The Labute approximate surface area is 174 Å². The maximum atomic E-state index is 11.2. The number of hydrogen-bond donors (Lipinski definition) is 2. The van der Waals surface area contributed by atoms with Gasteiger partial charge in [0.1, 0.15) is 0 Å². The van der Waals surface area contributed by atoms with Gasteiger partial charge in [0.05, 0.1) is 6.54 Å². The first kappa shape index (κ1) is 22.7. The maximum Gasteiger partial charge on any atom is 0.217 e. The summed E-state index contributed by atoms with van der Waals surface area (Å²) in [6, 6.07) is 4.43. The molecule has 5 nitrogen and oxygen atoms in total. The second kappa shape index (κ2) is 10.7. The molecule has 1 amide bonds. The van der Waals surface area contributed by atoms with Crippen molar-refractivity contribution >= 4 is 35.8 Å². The molecule has 1 aromatic rings. The average Bonchev–Trinajstić information content (AvgIpc) is 2.52. The summed E-state index contributed by atoms with van der Waals surface area (Å²) < 4.78 is 0. The lowest BCUT2D eigenvalue weighted by Gasteiger charge is -2.34. The highest BCUT2D eigenvalue weighted by Crippen LogP contribution is 2.21. The van der Waals surface area contributed by atoms with Crippen molar-refractivity contribution in [2.75, 3.05) is 19.6 Å². The number of aliphatic imine (C=N–C) groups is 1. The predicted molar refractivity (Wildman–Crippen MR) is 119 cm³/mol. The molecule has 1 aliphatic heterocycles. The van der Waals surface area contributed by atoms with Crippen LogP contribution in [0.3, 0.4) is 0 Å². The third kappa shape index (κ3) is 6.45. The molecule has 1 fully saturated rings. The molecule has 0 bridgehead atoms. The number of hydrogen-bond acceptors (Lipinski definition) is 2. The molecule has 146 valence electrons. The lowest BCUT2D eigenvalue weighted by molar-refractivity contribution is -0.119. The summed E-state index contributed by atoms with van der Waals surface area (Å²) in [5.74, 6) is 1.06. The molecular weight excluding hydrogens is 439 g/mol. The van der Waals surface area contributed by atoms with Crippen LogP contribution >= 0.6 is 24.0 Å². The molecule has 0 aliphatic carbocycles. The Morgan fingerprint density at radius 2 is 1.96 bits per heavy atom. The van der Waals surface area contributed by atoms with Gasteiger partial charge in [-0.1, -0.05) is 17.7 Å². The summed E-state index contributed by atoms with van der Waals surface area (Å²) in [6.45, 7) is 11.9. The highest BCUT2D eigenvalue weighted by molar-refractivity contribution is 14.0. The van der Waals surface area contributed by atoms with Gasteiger partial charge in [0.25, 0.3) is 0 Å². The van der Waals surface area contributed by atoms with Crippen molar-refractivity contribution in [2.45, 2.75) is 53.5 Å². The standard InChI is InChI=1S/C20H32N4O.HI/c1-5-22-20(24-8-6-7-17(13-24)11-19(21)25)23-12-18-15(3)9-14(2)10-16(18)4;/h9-10,17H,5-8,11-13H2,1-4H3,(H2,21,25)(H,22,23);1H. The monoisotopic (exact) mass is 472 g/mol. The highest BCUT2D eigenvalue weighted by atomic mass is 127. The van der Waals surface area contributed by atoms with E-state index in [4.69, 9.17) is 10.7 Å². The number of guanidine groups is 1. The number of primary amides is 1. The zero-order chi connectivity index (χ0) is 18.4. The number of benzene rings is 1. The van der Waals surface area contributed by atoms with Crippen LogP contribution in [0.2, 0.25) is 0 Å². The molecule has 2 rings (SSSR count). The van der Waals surface area contributed by atoms with Crippen LogP contribution < -0.4 is 11.1 Å². The summed E-state index contributed by atoms with van der Waals surface area (Å²) in [6.07, 6.45) is 2.60. The fraction of sp³-hybridized carbons (Fsp3) is 0.600. The number of aryl methyl sites for hydroxylation is 3. The summed E-state index contributed by atoms with van der Waals surface area (Å²) in [7, 11) is 0. The van der Waals surface area contributed by atoms with Crippen LogP contribution in [0.4, 0.5) is 0 Å². The van der Waals surface area contributed by atoms with Gasteiger partial charge in [-0.15, -0.1) is 24.0 Å².